The third-order valence-electron chi connectivity index (χ3n) is 5.34. The number of anilines is 1. The lowest BCUT2D eigenvalue weighted by Gasteiger charge is -2.24. The summed E-state index contributed by atoms with van der Waals surface area (Å²) in [5.74, 6) is 1.26. The van der Waals surface area contributed by atoms with Crippen molar-refractivity contribution in [2.45, 2.75) is 46.1 Å². The minimum Gasteiger partial charge on any atom is -0.491 e. The second-order valence-corrected chi connectivity index (χ2v) is 7.59. The smallest absolute Gasteiger partial charge is 0.293 e. The molecule has 1 fully saturated rings. The van der Waals surface area contributed by atoms with Crippen LogP contribution in [0.3, 0.4) is 0 Å². The number of piperidine rings is 1. The van der Waals surface area contributed by atoms with Crippen molar-refractivity contribution in [1.29, 1.82) is 0 Å². The zero-order chi connectivity index (χ0) is 21.1. The Balaban J connectivity index is 1.61. The molecule has 0 unspecified atom stereocenters. The molecule has 0 saturated carbocycles. The molecule has 30 heavy (non-hydrogen) atoms. The van der Waals surface area contributed by atoms with Gasteiger partial charge in [-0.1, -0.05) is 11.6 Å². The van der Waals surface area contributed by atoms with Crippen LogP contribution in [-0.4, -0.2) is 35.2 Å². The minimum absolute atomic E-state index is 0.192. The van der Waals surface area contributed by atoms with Crippen LogP contribution in [0.25, 0.3) is 11.1 Å². The monoisotopic (exact) mass is 410 g/mol. The van der Waals surface area contributed by atoms with E-state index in [-0.39, 0.29) is 11.7 Å². The van der Waals surface area contributed by atoms with Crippen LogP contribution in [-0.2, 0) is 0 Å². The predicted molar refractivity (Wildman–Crippen MR) is 112 cm³/mol. The molecule has 8 heteroatoms. The van der Waals surface area contributed by atoms with E-state index in [0.717, 1.165) is 35.5 Å². The zero-order valence-corrected chi connectivity index (χ0v) is 17.4. The molecule has 158 valence electrons. The highest BCUT2D eigenvalue weighted by molar-refractivity contribution is 6.03. The Labute approximate surface area is 175 Å². The number of carbonyl (C=O) groups is 1. The molecule has 3 heterocycles. The molecule has 1 saturated heterocycles. The van der Waals surface area contributed by atoms with Gasteiger partial charge in [0.2, 0.25) is 5.76 Å². The number of hydrogen-bond donors (Lipinski definition) is 2. The average Bonchev–Trinajstić information content (AvgIpc) is 3.32. The van der Waals surface area contributed by atoms with Gasteiger partial charge in [0, 0.05) is 17.3 Å². The first kappa shape index (κ1) is 20.2. The van der Waals surface area contributed by atoms with Crippen molar-refractivity contribution in [3.05, 3.63) is 47.5 Å². The Bertz CT molecular complexity index is 1010. The first-order chi connectivity index (χ1) is 14.5. The zero-order valence-electron chi connectivity index (χ0n) is 17.4. The SMILES string of the molecule is Cc1ncoc1C(=O)Nc1ccc(OC[C@H]2CCCCN2)c(-c2c(C)noc2C)c1. The van der Waals surface area contributed by atoms with Crippen LogP contribution >= 0.6 is 0 Å². The van der Waals surface area contributed by atoms with Crippen molar-refractivity contribution >= 4 is 11.6 Å². The molecular formula is C22H26N4O4. The van der Waals surface area contributed by atoms with Gasteiger partial charge in [-0.2, -0.15) is 0 Å². The largest absolute Gasteiger partial charge is 0.491 e. The van der Waals surface area contributed by atoms with Crippen molar-refractivity contribution in [3.8, 4) is 16.9 Å². The summed E-state index contributed by atoms with van der Waals surface area (Å²) in [6.45, 7) is 7.09. The molecule has 3 aromatic rings. The molecule has 2 aromatic heterocycles. The van der Waals surface area contributed by atoms with Gasteiger partial charge in [0.25, 0.3) is 5.91 Å². The number of carbonyl (C=O) groups excluding carboxylic acids is 1. The van der Waals surface area contributed by atoms with Crippen LogP contribution < -0.4 is 15.4 Å². The molecule has 0 radical (unpaired) electrons. The Hall–Kier alpha value is -3.13. The maximum Gasteiger partial charge on any atom is 0.293 e. The van der Waals surface area contributed by atoms with E-state index in [2.05, 4.69) is 20.8 Å². The summed E-state index contributed by atoms with van der Waals surface area (Å²) in [5.41, 5.74) is 3.62. The molecule has 1 atom stereocenters. The van der Waals surface area contributed by atoms with Crippen LogP contribution in [0.4, 0.5) is 5.69 Å². The maximum atomic E-state index is 12.5. The first-order valence-electron chi connectivity index (χ1n) is 10.2. The summed E-state index contributed by atoms with van der Waals surface area (Å²) < 4.78 is 16.7. The maximum absolute atomic E-state index is 12.5. The fourth-order valence-electron chi connectivity index (χ4n) is 3.76. The number of hydrogen-bond acceptors (Lipinski definition) is 7. The highest BCUT2D eigenvalue weighted by atomic mass is 16.5. The average molecular weight is 410 g/mol. The molecule has 1 aliphatic heterocycles. The van der Waals surface area contributed by atoms with Crippen molar-refractivity contribution in [3.63, 3.8) is 0 Å². The number of aromatic nitrogens is 2. The third kappa shape index (κ3) is 4.23. The Kier molecular flexibility index (Phi) is 5.85. The normalized spacial score (nSPS) is 16.4. The summed E-state index contributed by atoms with van der Waals surface area (Å²) >= 11 is 0. The third-order valence-corrected chi connectivity index (χ3v) is 5.34. The summed E-state index contributed by atoms with van der Waals surface area (Å²) in [4.78, 5) is 16.5. The Morgan fingerprint density at radius 2 is 2.13 bits per heavy atom. The molecular weight excluding hydrogens is 384 g/mol. The van der Waals surface area contributed by atoms with E-state index < -0.39 is 0 Å². The van der Waals surface area contributed by atoms with Gasteiger partial charge in [0.05, 0.1) is 17.0 Å². The van der Waals surface area contributed by atoms with Crippen molar-refractivity contribution in [1.82, 2.24) is 15.5 Å². The number of ether oxygens (including phenoxy) is 1. The quantitative estimate of drug-likeness (QED) is 0.632. The van der Waals surface area contributed by atoms with E-state index in [9.17, 15) is 4.79 Å². The number of oxazole rings is 1. The topological polar surface area (TPSA) is 102 Å². The minimum atomic E-state index is -0.352. The fourth-order valence-corrected chi connectivity index (χ4v) is 3.76. The summed E-state index contributed by atoms with van der Waals surface area (Å²) in [5, 5.41) is 10.4. The first-order valence-corrected chi connectivity index (χ1v) is 10.2. The summed E-state index contributed by atoms with van der Waals surface area (Å²) in [6.07, 6.45) is 4.78. The van der Waals surface area contributed by atoms with Crippen LogP contribution in [0.15, 0.2) is 33.5 Å². The van der Waals surface area contributed by atoms with Gasteiger partial charge in [0.1, 0.15) is 18.1 Å². The number of aryl methyl sites for hydroxylation is 3. The van der Waals surface area contributed by atoms with Crippen LogP contribution in [0.1, 0.15) is 47.0 Å². The molecule has 1 amide bonds. The molecule has 2 N–H and O–H groups in total. The molecule has 8 nitrogen and oxygen atoms in total. The Morgan fingerprint density at radius 1 is 1.27 bits per heavy atom. The molecule has 4 rings (SSSR count). The van der Waals surface area contributed by atoms with Gasteiger partial charge < -0.3 is 24.3 Å². The van der Waals surface area contributed by atoms with Gasteiger partial charge in [-0.15, -0.1) is 0 Å². The van der Waals surface area contributed by atoms with E-state index in [1.54, 1.807) is 6.92 Å². The van der Waals surface area contributed by atoms with Gasteiger partial charge in [-0.3, -0.25) is 4.79 Å². The second-order valence-electron chi connectivity index (χ2n) is 7.59. The van der Waals surface area contributed by atoms with E-state index in [1.165, 1.54) is 19.2 Å². The number of nitrogens with zero attached hydrogens (tertiary/aromatic N) is 2. The summed E-state index contributed by atoms with van der Waals surface area (Å²) in [6, 6.07) is 5.90. The van der Waals surface area contributed by atoms with Gasteiger partial charge >= 0.3 is 0 Å². The number of rotatable bonds is 6. The number of benzene rings is 1. The Morgan fingerprint density at radius 3 is 2.80 bits per heavy atom. The molecule has 0 bridgehead atoms. The van der Waals surface area contributed by atoms with Crippen molar-refractivity contribution in [2.75, 3.05) is 18.5 Å². The highest BCUT2D eigenvalue weighted by Crippen LogP contribution is 2.37. The van der Waals surface area contributed by atoms with Gasteiger partial charge in [-0.25, -0.2) is 4.98 Å². The van der Waals surface area contributed by atoms with E-state index in [4.69, 9.17) is 13.7 Å². The fraction of sp³-hybridized carbons (Fsp3) is 0.409. The lowest BCUT2D eigenvalue weighted by atomic mass is 10.0. The second kappa shape index (κ2) is 8.71. The number of nitrogens with one attached hydrogen (secondary N) is 2. The standard InChI is InChI=1S/C22H26N4O4/c1-13-20(15(3)30-26-13)18-10-16(25-22(27)21-14(2)24-12-29-21)7-8-19(18)28-11-17-6-4-5-9-23-17/h7-8,10,12,17,23H,4-6,9,11H2,1-3H3,(H,25,27)/t17-/m1/s1. The van der Waals surface area contributed by atoms with E-state index in [1.807, 2.05) is 32.0 Å². The van der Waals surface area contributed by atoms with E-state index in [0.29, 0.717) is 29.8 Å². The molecule has 0 spiro atoms. The van der Waals surface area contributed by atoms with Gasteiger partial charge in [-0.05, 0) is 58.4 Å². The molecule has 0 aliphatic carbocycles. The molecule has 1 aliphatic rings. The van der Waals surface area contributed by atoms with Crippen molar-refractivity contribution in [2.24, 2.45) is 0 Å². The van der Waals surface area contributed by atoms with Crippen molar-refractivity contribution < 1.29 is 18.5 Å². The lowest BCUT2D eigenvalue weighted by molar-refractivity contribution is 0.0996. The lowest BCUT2D eigenvalue weighted by Crippen LogP contribution is -2.38. The predicted octanol–water partition coefficient (Wildman–Crippen LogP) is 4.03. The summed E-state index contributed by atoms with van der Waals surface area (Å²) in [7, 11) is 0. The van der Waals surface area contributed by atoms with E-state index >= 15 is 0 Å². The molecule has 1 aromatic carbocycles. The van der Waals surface area contributed by atoms with Crippen LogP contribution in [0.5, 0.6) is 5.75 Å². The number of amides is 1. The van der Waals surface area contributed by atoms with Crippen LogP contribution in [0, 0.1) is 20.8 Å². The van der Waals surface area contributed by atoms with Crippen LogP contribution in [0.2, 0.25) is 0 Å². The van der Waals surface area contributed by atoms with Gasteiger partial charge in [0.15, 0.2) is 6.39 Å². The highest BCUT2D eigenvalue weighted by Gasteiger charge is 2.20.